The molecule has 1 atom stereocenters. The number of fused-ring (bicyclic) bond motifs is 1. The molecule has 76 valence electrons. The van der Waals surface area contributed by atoms with Crippen LogP contribution in [-0.2, 0) is 6.42 Å². The van der Waals surface area contributed by atoms with E-state index in [4.69, 9.17) is 0 Å². The van der Waals surface area contributed by atoms with E-state index in [9.17, 15) is 0 Å². The minimum absolute atomic E-state index is 0.500. The highest BCUT2D eigenvalue weighted by Crippen LogP contribution is 2.21. The van der Waals surface area contributed by atoms with Crippen LogP contribution in [0.25, 0.3) is 0 Å². The average molecular weight is 190 g/mol. The van der Waals surface area contributed by atoms with E-state index in [0.717, 1.165) is 19.6 Å². The number of hydrogen-bond acceptors (Lipinski definition) is 2. The molecule has 0 amide bonds. The van der Waals surface area contributed by atoms with E-state index < -0.39 is 0 Å². The van der Waals surface area contributed by atoms with E-state index in [1.165, 1.54) is 17.5 Å². The van der Waals surface area contributed by atoms with Crippen molar-refractivity contribution in [3.63, 3.8) is 0 Å². The molecule has 1 aliphatic heterocycles. The summed E-state index contributed by atoms with van der Waals surface area (Å²) in [6, 6.07) is 9.25. The lowest BCUT2D eigenvalue weighted by atomic mass is 9.94. The fourth-order valence-corrected chi connectivity index (χ4v) is 2.06. The second-order valence-corrected chi connectivity index (χ2v) is 3.76. The minimum Gasteiger partial charge on any atom is -0.315 e. The van der Waals surface area contributed by atoms with Gasteiger partial charge in [-0.1, -0.05) is 31.2 Å². The van der Waals surface area contributed by atoms with Gasteiger partial charge >= 0.3 is 0 Å². The lowest BCUT2D eigenvalue weighted by Crippen LogP contribution is -2.36. The van der Waals surface area contributed by atoms with Crippen LogP contribution in [0.3, 0.4) is 0 Å². The Hall–Kier alpha value is -0.860. The molecular formula is C12H18N2. The topological polar surface area (TPSA) is 24.1 Å². The number of rotatable bonds is 3. The Labute approximate surface area is 85.7 Å². The second-order valence-electron chi connectivity index (χ2n) is 3.76. The normalized spacial score (nSPS) is 20.5. The summed E-state index contributed by atoms with van der Waals surface area (Å²) in [6.07, 6.45) is 1.17. The van der Waals surface area contributed by atoms with Crippen LogP contribution in [0, 0.1) is 0 Å². The van der Waals surface area contributed by atoms with Crippen molar-refractivity contribution in [2.75, 3.05) is 19.6 Å². The molecule has 0 fully saturated rings. The molecule has 1 heterocycles. The van der Waals surface area contributed by atoms with Crippen LogP contribution in [0.5, 0.6) is 0 Å². The summed E-state index contributed by atoms with van der Waals surface area (Å²) in [5.41, 5.74) is 2.98. The third-order valence-corrected chi connectivity index (χ3v) is 2.81. The standard InChI is InChI=1S/C12H18N2/c1-2-13-9-12-11-6-4-3-5-10(11)7-8-14-12/h3-6,12-14H,2,7-9H2,1H3. The van der Waals surface area contributed by atoms with Gasteiger partial charge in [0, 0.05) is 12.6 Å². The Balaban J connectivity index is 2.14. The van der Waals surface area contributed by atoms with Crippen LogP contribution in [0.2, 0.25) is 0 Å². The van der Waals surface area contributed by atoms with Gasteiger partial charge in [-0.25, -0.2) is 0 Å². The highest BCUT2D eigenvalue weighted by molar-refractivity contribution is 5.32. The van der Waals surface area contributed by atoms with E-state index in [1.807, 2.05) is 0 Å². The maximum Gasteiger partial charge on any atom is 0.0449 e. The summed E-state index contributed by atoms with van der Waals surface area (Å²) in [6.45, 7) is 5.33. The van der Waals surface area contributed by atoms with Crippen molar-refractivity contribution in [2.24, 2.45) is 0 Å². The highest BCUT2D eigenvalue weighted by Gasteiger charge is 2.17. The molecule has 1 aromatic rings. The molecule has 14 heavy (non-hydrogen) atoms. The van der Waals surface area contributed by atoms with Crippen LogP contribution in [-0.4, -0.2) is 19.6 Å². The number of benzene rings is 1. The molecule has 0 saturated heterocycles. The quantitative estimate of drug-likeness (QED) is 0.754. The lowest BCUT2D eigenvalue weighted by molar-refractivity contribution is 0.474. The van der Waals surface area contributed by atoms with Gasteiger partial charge in [0.05, 0.1) is 0 Å². The summed E-state index contributed by atoms with van der Waals surface area (Å²) < 4.78 is 0. The van der Waals surface area contributed by atoms with Crippen LogP contribution in [0.1, 0.15) is 24.1 Å². The number of nitrogens with one attached hydrogen (secondary N) is 2. The van der Waals surface area contributed by atoms with E-state index in [1.54, 1.807) is 0 Å². The highest BCUT2D eigenvalue weighted by atomic mass is 15.0. The second kappa shape index (κ2) is 4.58. The molecule has 0 spiro atoms. The largest absolute Gasteiger partial charge is 0.315 e. The van der Waals surface area contributed by atoms with Crippen molar-refractivity contribution < 1.29 is 0 Å². The Morgan fingerprint density at radius 1 is 1.43 bits per heavy atom. The smallest absolute Gasteiger partial charge is 0.0449 e. The maximum atomic E-state index is 3.55. The van der Waals surface area contributed by atoms with Crippen molar-refractivity contribution in [1.29, 1.82) is 0 Å². The molecule has 1 aromatic carbocycles. The van der Waals surface area contributed by atoms with Crippen LogP contribution < -0.4 is 10.6 Å². The van der Waals surface area contributed by atoms with Crippen molar-refractivity contribution >= 4 is 0 Å². The maximum absolute atomic E-state index is 3.55. The van der Waals surface area contributed by atoms with Crippen molar-refractivity contribution in [1.82, 2.24) is 10.6 Å². The van der Waals surface area contributed by atoms with Gasteiger partial charge in [-0.2, -0.15) is 0 Å². The van der Waals surface area contributed by atoms with E-state index in [2.05, 4.69) is 41.8 Å². The summed E-state index contributed by atoms with van der Waals surface area (Å²) >= 11 is 0. The Morgan fingerprint density at radius 3 is 3.14 bits per heavy atom. The molecular weight excluding hydrogens is 172 g/mol. The van der Waals surface area contributed by atoms with Gasteiger partial charge in [0.2, 0.25) is 0 Å². The van der Waals surface area contributed by atoms with Crippen molar-refractivity contribution in [2.45, 2.75) is 19.4 Å². The zero-order valence-corrected chi connectivity index (χ0v) is 8.72. The summed E-state index contributed by atoms with van der Waals surface area (Å²) in [7, 11) is 0. The van der Waals surface area contributed by atoms with E-state index >= 15 is 0 Å². The predicted molar refractivity (Wildman–Crippen MR) is 59.4 cm³/mol. The van der Waals surface area contributed by atoms with Gasteiger partial charge in [-0.15, -0.1) is 0 Å². The molecule has 0 bridgehead atoms. The zero-order chi connectivity index (χ0) is 9.80. The molecule has 0 saturated carbocycles. The minimum atomic E-state index is 0.500. The van der Waals surface area contributed by atoms with Gasteiger partial charge in [0.25, 0.3) is 0 Å². The average Bonchev–Trinajstić information content (AvgIpc) is 2.26. The monoisotopic (exact) mass is 190 g/mol. The van der Waals surface area contributed by atoms with E-state index in [0.29, 0.717) is 6.04 Å². The zero-order valence-electron chi connectivity index (χ0n) is 8.72. The molecule has 2 heteroatoms. The van der Waals surface area contributed by atoms with Crippen molar-refractivity contribution in [3.05, 3.63) is 35.4 Å². The van der Waals surface area contributed by atoms with E-state index in [-0.39, 0.29) is 0 Å². The van der Waals surface area contributed by atoms with Crippen LogP contribution in [0.15, 0.2) is 24.3 Å². The predicted octanol–water partition coefficient (Wildman–Crippen LogP) is 1.48. The third-order valence-electron chi connectivity index (χ3n) is 2.81. The number of likely N-dealkylation sites (N-methyl/N-ethyl adjacent to an activating group) is 1. The molecule has 1 aliphatic rings. The first kappa shape index (κ1) is 9.69. The van der Waals surface area contributed by atoms with Crippen LogP contribution >= 0.6 is 0 Å². The Bertz CT molecular complexity index is 296. The lowest BCUT2D eigenvalue weighted by Gasteiger charge is -2.27. The SMILES string of the molecule is CCNCC1NCCc2ccccc21. The molecule has 2 nitrogen and oxygen atoms in total. The molecule has 2 rings (SSSR count). The molecule has 0 radical (unpaired) electrons. The molecule has 0 aliphatic carbocycles. The van der Waals surface area contributed by atoms with Crippen molar-refractivity contribution in [3.8, 4) is 0 Å². The summed E-state index contributed by atoms with van der Waals surface area (Å²) in [5.74, 6) is 0. The third kappa shape index (κ3) is 1.97. The molecule has 0 aromatic heterocycles. The Kier molecular flexibility index (Phi) is 3.17. The number of hydrogen-bond donors (Lipinski definition) is 2. The Morgan fingerprint density at radius 2 is 2.29 bits per heavy atom. The fraction of sp³-hybridized carbons (Fsp3) is 0.500. The summed E-state index contributed by atoms with van der Waals surface area (Å²) in [4.78, 5) is 0. The van der Waals surface area contributed by atoms with Gasteiger partial charge in [0.15, 0.2) is 0 Å². The van der Waals surface area contributed by atoms with Crippen LogP contribution in [0.4, 0.5) is 0 Å². The molecule has 2 N–H and O–H groups in total. The fourth-order valence-electron chi connectivity index (χ4n) is 2.06. The molecule has 1 unspecified atom stereocenters. The first-order chi connectivity index (χ1) is 6.92. The van der Waals surface area contributed by atoms with Gasteiger partial charge < -0.3 is 10.6 Å². The van der Waals surface area contributed by atoms with Gasteiger partial charge in [-0.3, -0.25) is 0 Å². The van der Waals surface area contributed by atoms with Gasteiger partial charge in [0.1, 0.15) is 0 Å². The first-order valence-electron chi connectivity index (χ1n) is 5.43. The first-order valence-corrected chi connectivity index (χ1v) is 5.43. The van der Waals surface area contributed by atoms with Gasteiger partial charge in [-0.05, 0) is 30.6 Å². The summed E-state index contributed by atoms with van der Waals surface area (Å²) in [5, 5.41) is 6.94.